The first-order chi connectivity index (χ1) is 18.4. The third kappa shape index (κ3) is 7.50. The van der Waals surface area contributed by atoms with Crippen LogP contribution in [0.3, 0.4) is 0 Å². The van der Waals surface area contributed by atoms with Gasteiger partial charge in [0.05, 0.1) is 7.11 Å². The molecule has 39 heavy (non-hydrogen) atoms. The summed E-state index contributed by atoms with van der Waals surface area (Å²) >= 11 is 0. The summed E-state index contributed by atoms with van der Waals surface area (Å²) in [5.74, 6) is -0.276. The van der Waals surface area contributed by atoms with Crippen molar-refractivity contribution in [3.8, 4) is 11.5 Å². The number of allylic oxidation sites excluding steroid dienone is 1. The van der Waals surface area contributed by atoms with Gasteiger partial charge >= 0.3 is 6.36 Å². The lowest BCUT2D eigenvalue weighted by atomic mass is 9.85. The zero-order valence-electron chi connectivity index (χ0n) is 21.6. The molecule has 1 heterocycles. The topological polar surface area (TPSA) is 76.7 Å². The van der Waals surface area contributed by atoms with Crippen LogP contribution < -0.4 is 20.1 Å². The Hall–Kier alpha value is -4.53. The molecule has 202 valence electrons. The number of hydrogen-bond donors (Lipinski definition) is 2. The van der Waals surface area contributed by atoms with E-state index in [9.17, 15) is 22.8 Å². The molecule has 1 aliphatic rings. The summed E-state index contributed by atoms with van der Waals surface area (Å²) in [5.41, 5.74) is 3.98. The molecule has 3 aromatic carbocycles. The van der Waals surface area contributed by atoms with E-state index in [-0.39, 0.29) is 17.1 Å². The fraction of sp³-hybridized carbons (Fsp3) is 0.200. The second-order valence-electron chi connectivity index (χ2n) is 9.65. The van der Waals surface area contributed by atoms with Crippen molar-refractivity contribution >= 4 is 29.2 Å². The average molecular weight is 537 g/mol. The largest absolute Gasteiger partial charge is 0.573 e. The molecule has 0 radical (unpaired) electrons. The van der Waals surface area contributed by atoms with Gasteiger partial charge < -0.3 is 20.1 Å². The zero-order chi connectivity index (χ0) is 28.2. The normalized spacial score (nSPS) is 15.4. The van der Waals surface area contributed by atoms with Crippen molar-refractivity contribution in [1.29, 1.82) is 0 Å². The lowest BCUT2D eigenvalue weighted by Gasteiger charge is -2.35. The third-order valence-corrected chi connectivity index (χ3v) is 5.97. The molecule has 0 bridgehead atoms. The van der Waals surface area contributed by atoms with Crippen LogP contribution in [0, 0.1) is 0 Å². The van der Waals surface area contributed by atoms with Crippen LogP contribution >= 0.6 is 0 Å². The molecule has 2 N–H and O–H groups in total. The minimum Gasteiger partial charge on any atom is -0.497 e. The second-order valence-corrected chi connectivity index (χ2v) is 9.65. The van der Waals surface area contributed by atoms with Crippen molar-refractivity contribution in [2.75, 3.05) is 12.4 Å². The molecule has 6 nitrogen and oxygen atoms in total. The zero-order valence-corrected chi connectivity index (χ0v) is 21.6. The SMILES string of the molecule is COc1ccc2c(c1)C(=CC(=O)c1ccc(NC(=O)C=Cc3ccc(OC(F)(F)F)cc3)cc1)NC(C)(C)C2. The molecular weight excluding hydrogens is 509 g/mol. The fourth-order valence-corrected chi connectivity index (χ4v) is 4.22. The molecule has 1 aliphatic heterocycles. The predicted octanol–water partition coefficient (Wildman–Crippen LogP) is 6.39. The molecule has 0 fully saturated rings. The van der Waals surface area contributed by atoms with E-state index in [1.54, 1.807) is 37.5 Å². The summed E-state index contributed by atoms with van der Waals surface area (Å²) in [5, 5.41) is 6.13. The summed E-state index contributed by atoms with van der Waals surface area (Å²) in [4.78, 5) is 25.3. The Kier molecular flexibility index (Phi) is 7.80. The van der Waals surface area contributed by atoms with Crippen molar-refractivity contribution in [2.45, 2.75) is 32.2 Å². The Balaban J connectivity index is 1.41. The number of nitrogens with one attached hydrogen (secondary N) is 2. The molecule has 0 atom stereocenters. The maximum absolute atomic E-state index is 13.1. The van der Waals surface area contributed by atoms with Crippen LogP contribution in [0.2, 0.25) is 0 Å². The average Bonchev–Trinajstić information content (AvgIpc) is 2.87. The predicted molar refractivity (Wildman–Crippen MR) is 143 cm³/mol. The number of amides is 1. The number of halogens is 3. The van der Waals surface area contributed by atoms with E-state index in [0.29, 0.717) is 28.3 Å². The number of rotatable bonds is 7. The lowest BCUT2D eigenvalue weighted by Crippen LogP contribution is -2.43. The van der Waals surface area contributed by atoms with Crippen LogP contribution in [-0.2, 0) is 11.2 Å². The number of ether oxygens (including phenoxy) is 2. The Morgan fingerprint density at radius 1 is 0.974 bits per heavy atom. The lowest BCUT2D eigenvalue weighted by molar-refractivity contribution is -0.274. The molecule has 0 saturated heterocycles. The highest BCUT2D eigenvalue weighted by atomic mass is 19.4. The van der Waals surface area contributed by atoms with Crippen molar-refractivity contribution < 1.29 is 32.2 Å². The first kappa shape index (κ1) is 27.5. The summed E-state index contributed by atoms with van der Waals surface area (Å²) in [6.07, 6.45) is 0.324. The first-order valence-corrected chi connectivity index (χ1v) is 12.1. The highest BCUT2D eigenvalue weighted by molar-refractivity contribution is 6.09. The van der Waals surface area contributed by atoms with E-state index < -0.39 is 12.3 Å². The van der Waals surface area contributed by atoms with E-state index in [1.165, 1.54) is 24.3 Å². The molecule has 3 aromatic rings. The van der Waals surface area contributed by atoms with Gasteiger partial charge in [-0.15, -0.1) is 13.2 Å². The number of benzene rings is 3. The minimum atomic E-state index is -4.77. The number of hydrogen-bond acceptors (Lipinski definition) is 5. The third-order valence-electron chi connectivity index (χ3n) is 5.97. The molecule has 0 saturated carbocycles. The van der Waals surface area contributed by atoms with Crippen LogP contribution in [0.4, 0.5) is 18.9 Å². The van der Waals surface area contributed by atoms with E-state index in [2.05, 4.69) is 29.2 Å². The number of alkyl halides is 3. The summed E-state index contributed by atoms with van der Waals surface area (Å²) in [6.45, 7) is 4.14. The molecule has 1 amide bonds. The monoisotopic (exact) mass is 536 g/mol. The first-order valence-electron chi connectivity index (χ1n) is 12.1. The standard InChI is InChI=1S/C30H27F3N2O4/c1-29(2)18-21-9-14-24(38-3)16-25(21)26(35-29)17-27(36)20-7-10-22(11-8-20)34-28(37)15-6-19-4-12-23(13-5-19)39-30(31,32)33/h4-17,35H,18H2,1-3H3,(H,34,37). The van der Waals surface area contributed by atoms with Crippen LogP contribution in [0.25, 0.3) is 11.8 Å². The van der Waals surface area contributed by atoms with Gasteiger partial charge in [0.1, 0.15) is 11.5 Å². The van der Waals surface area contributed by atoms with Gasteiger partial charge in [0.2, 0.25) is 5.91 Å². The quantitative estimate of drug-likeness (QED) is 0.270. The summed E-state index contributed by atoms with van der Waals surface area (Å²) < 4.78 is 46.0. The molecule has 0 unspecified atom stereocenters. The second kappa shape index (κ2) is 11.1. The minimum absolute atomic E-state index is 0.195. The molecule has 0 aliphatic carbocycles. The van der Waals surface area contributed by atoms with Gasteiger partial charge in [0.15, 0.2) is 5.78 Å². The number of carbonyl (C=O) groups excluding carboxylic acids is 2. The fourth-order valence-electron chi connectivity index (χ4n) is 4.22. The van der Waals surface area contributed by atoms with Crippen LogP contribution in [-0.4, -0.2) is 30.7 Å². The van der Waals surface area contributed by atoms with Crippen molar-refractivity contribution in [1.82, 2.24) is 5.32 Å². The molecule has 4 rings (SSSR count). The van der Waals surface area contributed by atoms with Gasteiger partial charge in [-0.25, -0.2) is 0 Å². The van der Waals surface area contributed by atoms with Crippen LogP contribution in [0.5, 0.6) is 11.5 Å². The van der Waals surface area contributed by atoms with Gasteiger partial charge in [0, 0.05) is 40.2 Å². The van der Waals surface area contributed by atoms with Crippen LogP contribution in [0.1, 0.15) is 40.9 Å². The van der Waals surface area contributed by atoms with Gasteiger partial charge in [-0.1, -0.05) is 18.2 Å². The maximum atomic E-state index is 13.1. The van der Waals surface area contributed by atoms with E-state index >= 15 is 0 Å². The van der Waals surface area contributed by atoms with Crippen LogP contribution in [0.15, 0.2) is 78.9 Å². The molecule has 0 spiro atoms. The number of ketones is 1. The number of fused-ring (bicyclic) bond motifs is 1. The number of anilines is 1. The van der Waals surface area contributed by atoms with E-state index in [0.717, 1.165) is 29.7 Å². The Morgan fingerprint density at radius 3 is 2.28 bits per heavy atom. The van der Waals surface area contributed by atoms with Gasteiger partial charge in [-0.05, 0) is 86.0 Å². The van der Waals surface area contributed by atoms with Gasteiger partial charge in [-0.3, -0.25) is 9.59 Å². The summed E-state index contributed by atoms with van der Waals surface area (Å²) in [7, 11) is 1.60. The van der Waals surface area contributed by atoms with Crippen molar-refractivity contribution in [2.24, 2.45) is 0 Å². The molecular formula is C30H27F3N2O4. The Morgan fingerprint density at radius 2 is 1.64 bits per heavy atom. The number of carbonyl (C=O) groups is 2. The maximum Gasteiger partial charge on any atom is 0.573 e. The van der Waals surface area contributed by atoms with E-state index in [1.807, 2.05) is 18.2 Å². The Bertz CT molecular complexity index is 1420. The van der Waals surface area contributed by atoms with Crippen molar-refractivity contribution in [3.05, 3.63) is 101 Å². The molecule has 0 aromatic heterocycles. The Labute approximate surface area is 224 Å². The van der Waals surface area contributed by atoms with Gasteiger partial charge in [-0.2, -0.15) is 0 Å². The smallest absolute Gasteiger partial charge is 0.497 e. The van der Waals surface area contributed by atoms with Gasteiger partial charge in [0.25, 0.3) is 0 Å². The highest BCUT2D eigenvalue weighted by Crippen LogP contribution is 2.32. The molecule has 9 heteroatoms. The van der Waals surface area contributed by atoms with Crippen molar-refractivity contribution in [3.63, 3.8) is 0 Å². The number of methoxy groups -OCH3 is 1. The van der Waals surface area contributed by atoms with E-state index in [4.69, 9.17) is 4.74 Å². The highest BCUT2D eigenvalue weighted by Gasteiger charge is 2.31. The summed E-state index contributed by atoms with van der Waals surface area (Å²) in [6, 6.07) is 17.4.